The molecule has 5 nitrogen and oxygen atoms in total. The number of piperidine rings is 1. The number of benzene rings is 1. The summed E-state index contributed by atoms with van der Waals surface area (Å²) in [4.78, 5) is 12.6. The lowest BCUT2D eigenvalue weighted by Crippen LogP contribution is -2.39. The number of nitrogens with one attached hydrogen (secondary N) is 1. The van der Waals surface area contributed by atoms with Crippen LogP contribution in [0, 0.1) is 15.9 Å². The molecule has 6 heteroatoms. The SMILES string of the molecule is CCCN1CCC(Nc2cc([N+](=O)[O-])ccc2F)CC1. The van der Waals surface area contributed by atoms with E-state index >= 15 is 0 Å². The van der Waals surface area contributed by atoms with Crippen molar-refractivity contribution < 1.29 is 9.31 Å². The first-order chi connectivity index (χ1) is 9.60. The molecule has 1 heterocycles. The Kier molecular flexibility index (Phi) is 4.89. The fourth-order valence-corrected chi connectivity index (χ4v) is 2.57. The van der Waals surface area contributed by atoms with Crippen LogP contribution in [0.5, 0.6) is 0 Å². The summed E-state index contributed by atoms with van der Waals surface area (Å²) in [5.41, 5.74) is 0.144. The summed E-state index contributed by atoms with van der Waals surface area (Å²) < 4.78 is 13.7. The molecule has 0 saturated carbocycles. The highest BCUT2D eigenvalue weighted by Crippen LogP contribution is 2.24. The average Bonchev–Trinajstić information content (AvgIpc) is 2.43. The number of halogens is 1. The van der Waals surface area contributed by atoms with Crippen LogP contribution in [-0.2, 0) is 0 Å². The molecule has 2 rings (SSSR count). The standard InChI is InChI=1S/C14H20FN3O2/c1-2-7-17-8-5-11(6-9-17)16-14-10-12(18(19)20)3-4-13(14)15/h3-4,10-11,16H,2,5-9H2,1H3. The van der Waals surface area contributed by atoms with Crippen molar-refractivity contribution in [3.8, 4) is 0 Å². The van der Waals surface area contributed by atoms with Crippen molar-refractivity contribution in [3.05, 3.63) is 34.1 Å². The van der Waals surface area contributed by atoms with Crippen LogP contribution in [0.1, 0.15) is 26.2 Å². The topological polar surface area (TPSA) is 58.4 Å². The van der Waals surface area contributed by atoms with Crippen LogP contribution in [-0.4, -0.2) is 35.5 Å². The maximum Gasteiger partial charge on any atom is 0.271 e. The van der Waals surface area contributed by atoms with Gasteiger partial charge in [0.05, 0.1) is 10.6 Å². The molecule has 0 atom stereocenters. The maximum absolute atomic E-state index is 13.7. The minimum Gasteiger partial charge on any atom is -0.380 e. The predicted octanol–water partition coefficient (Wildman–Crippen LogP) is 3.02. The first-order valence-corrected chi connectivity index (χ1v) is 7.03. The van der Waals surface area contributed by atoms with E-state index in [-0.39, 0.29) is 17.4 Å². The number of hydrogen-bond acceptors (Lipinski definition) is 4. The van der Waals surface area contributed by atoms with Crippen LogP contribution < -0.4 is 5.32 Å². The average molecular weight is 281 g/mol. The van der Waals surface area contributed by atoms with Gasteiger partial charge in [0.25, 0.3) is 5.69 Å². The van der Waals surface area contributed by atoms with Gasteiger partial charge < -0.3 is 10.2 Å². The molecule has 20 heavy (non-hydrogen) atoms. The Morgan fingerprint density at radius 2 is 2.15 bits per heavy atom. The van der Waals surface area contributed by atoms with Crippen molar-refractivity contribution >= 4 is 11.4 Å². The highest BCUT2D eigenvalue weighted by Gasteiger charge is 2.20. The van der Waals surface area contributed by atoms with Gasteiger partial charge in [-0.3, -0.25) is 10.1 Å². The molecule has 1 aliphatic heterocycles. The van der Waals surface area contributed by atoms with E-state index in [0.717, 1.165) is 45.0 Å². The van der Waals surface area contributed by atoms with Gasteiger partial charge in [0, 0.05) is 31.3 Å². The molecule has 110 valence electrons. The Balaban J connectivity index is 1.97. The quantitative estimate of drug-likeness (QED) is 0.665. The molecule has 0 aromatic heterocycles. The lowest BCUT2D eigenvalue weighted by molar-refractivity contribution is -0.384. The van der Waals surface area contributed by atoms with Crippen molar-refractivity contribution in [3.63, 3.8) is 0 Å². The van der Waals surface area contributed by atoms with Crippen molar-refractivity contribution in [2.24, 2.45) is 0 Å². The number of anilines is 1. The zero-order chi connectivity index (χ0) is 14.5. The molecule has 0 bridgehead atoms. The minimum absolute atomic E-state index is 0.0858. The third-order valence-corrected chi connectivity index (χ3v) is 3.65. The van der Waals surface area contributed by atoms with Crippen molar-refractivity contribution in [2.45, 2.75) is 32.2 Å². The molecular formula is C14H20FN3O2. The third kappa shape index (κ3) is 3.66. The Hall–Kier alpha value is -1.69. The van der Waals surface area contributed by atoms with Crippen molar-refractivity contribution in [1.29, 1.82) is 0 Å². The van der Waals surface area contributed by atoms with Gasteiger partial charge in [-0.1, -0.05) is 6.92 Å². The van der Waals surface area contributed by atoms with E-state index < -0.39 is 10.7 Å². The van der Waals surface area contributed by atoms with E-state index in [1.54, 1.807) is 0 Å². The molecule has 1 aromatic rings. The second kappa shape index (κ2) is 6.65. The van der Waals surface area contributed by atoms with Crippen LogP contribution in [0.4, 0.5) is 15.8 Å². The Bertz CT molecular complexity index is 473. The largest absolute Gasteiger partial charge is 0.380 e. The zero-order valence-electron chi connectivity index (χ0n) is 11.6. The molecule has 1 aromatic carbocycles. The Morgan fingerprint density at radius 3 is 2.75 bits per heavy atom. The molecule has 0 unspecified atom stereocenters. The van der Waals surface area contributed by atoms with Crippen molar-refractivity contribution in [1.82, 2.24) is 4.90 Å². The summed E-state index contributed by atoms with van der Waals surface area (Å²) in [6.07, 6.45) is 3.00. The van der Waals surface area contributed by atoms with Crippen LogP contribution >= 0.6 is 0 Å². The number of likely N-dealkylation sites (tertiary alicyclic amines) is 1. The minimum atomic E-state index is -0.505. The van der Waals surface area contributed by atoms with E-state index in [2.05, 4.69) is 17.1 Å². The second-order valence-electron chi connectivity index (χ2n) is 5.18. The zero-order valence-corrected chi connectivity index (χ0v) is 11.6. The van der Waals surface area contributed by atoms with E-state index in [1.165, 1.54) is 12.1 Å². The highest BCUT2D eigenvalue weighted by atomic mass is 19.1. The normalized spacial score (nSPS) is 17.1. The summed E-state index contributed by atoms with van der Waals surface area (Å²) in [7, 11) is 0. The first-order valence-electron chi connectivity index (χ1n) is 7.03. The number of non-ortho nitro benzene ring substituents is 1. The van der Waals surface area contributed by atoms with Crippen LogP contribution in [0.25, 0.3) is 0 Å². The van der Waals surface area contributed by atoms with Gasteiger partial charge in [0.15, 0.2) is 0 Å². The molecule has 1 N–H and O–H groups in total. The summed E-state index contributed by atoms with van der Waals surface area (Å²) in [6.45, 7) is 5.23. The lowest BCUT2D eigenvalue weighted by atomic mass is 10.0. The number of nitrogens with zero attached hydrogens (tertiary/aromatic N) is 2. The monoisotopic (exact) mass is 281 g/mol. The molecule has 0 amide bonds. The van der Waals surface area contributed by atoms with Crippen LogP contribution in [0.2, 0.25) is 0 Å². The molecule has 0 aliphatic carbocycles. The fourth-order valence-electron chi connectivity index (χ4n) is 2.57. The number of nitro groups is 1. The number of rotatable bonds is 5. The van der Waals surface area contributed by atoms with Crippen LogP contribution in [0.3, 0.4) is 0 Å². The summed E-state index contributed by atoms with van der Waals surface area (Å²) in [5.74, 6) is -0.438. The van der Waals surface area contributed by atoms with Gasteiger partial charge in [0.1, 0.15) is 5.82 Å². The summed E-state index contributed by atoms with van der Waals surface area (Å²) in [6, 6.07) is 3.78. The van der Waals surface area contributed by atoms with Gasteiger partial charge >= 0.3 is 0 Å². The third-order valence-electron chi connectivity index (χ3n) is 3.65. The van der Waals surface area contributed by atoms with Gasteiger partial charge in [-0.2, -0.15) is 0 Å². The number of nitro benzene ring substituents is 1. The second-order valence-corrected chi connectivity index (χ2v) is 5.18. The lowest BCUT2D eigenvalue weighted by Gasteiger charge is -2.32. The smallest absolute Gasteiger partial charge is 0.271 e. The molecule has 1 saturated heterocycles. The van der Waals surface area contributed by atoms with Gasteiger partial charge in [0.2, 0.25) is 0 Å². The van der Waals surface area contributed by atoms with E-state index in [1.807, 2.05) is 0 Å². The van der Waals surface area contributed by atoms with Gasteiger partial charge in [-0.25, -0.2) is 4.39 Å². The van der Waals surface area contributed by atoms with E-state index in [4.69, 9.17) is 0 Å². The molecule has 0 radical (unpaired) electrons. The molecule has 0 spiro atoms. The number of hydrogen-bond donors (Lipinski definition) is 1. The van der Waals surface area contributed by atoms with Gasteiger partial charge in [-0.05, 0) is 31.9 Å². The van der Waals surface area contributed by atoms with E-state index in [0.29, 0.717) is 0 Å². The van der Waals surface area contributed by atoms with Crippen molar-refractivity contribution in [2.75, 3.05) is 25.0 Å². The first kappa shape index (κ1) is 14.7. The Morgan fingerprint density at radius 1 is 1.45 bits per heavy atom. The fraction of sp³-hybridized carbons (Fsp3) is 0.571. The van der Waals surface area contributed by atoms with Crippen LogP contribution in [0.15, 0.2) is 18.2 Å². The highest BCUT2D eigenvalue weighted by molar-refractivity contribution is 5.52. The van der Waals surface area contributed by atoms with Gasteiger partial charge in [-0.15, -0.1) is 0 Å². The molecule has 1 aliphatic rings. The Labute approximate surface area is 117 Å². The summed E-state index contributed by atoms with van der Waals surface area (Å²) >= 11 is 0. The maximum atomic E-state index is 13.7. The molecule has 1 fully saturated rings. The summed E-state index contributed by atoms with van der Waals surface area (Å²) in [5, 5.41) is 13.8. The van der Waals surface area contributed by atoms with E-state index in [9.17, 15) is 14.5 Å². The predicted molar refractivity (Wildman–Crippen MR) is 76.4 cm³/mol. The molecular weight excluding hydrogens is 261 g/mol.